The van der Waals surface area contributed by atoms with E-state index in [1.165, 1.54) is 15.7 Å². The molecule has 1 rings (SSSR count). The second-order valence-electron chi connectivity index (χ2n) is 3.92. The molecule has 8 heteroatoms. The Kier molecular flexibility index (Phi) is 4.62. The van der Waals surface area contributed by atoms with Crippen molar-refractivity contribution in [3.8, 4) is 0 Å². The normalized spacial score (nSPS) is 10.2. The van der Waals surface area contributed by atoms with Gasteiger partial charge in [-0.05, 0) is 6.42 Å². The zero-order valence-corrected chi connectivity index (χ0v) is 10.9. The topological polar surface area (TPSA) is 102 Å². The minimum Gasteiger partial charge on any atom is -0.480 e. The molecule has 0 saturated heterocycles. The highest BCUT2D eigenvalue weighted by atomic mass is 16.6. The van der Waals surface area contributed by atoms with E-state index in [-0.39, 0.29) is 24.6 Å². The van der Waals surface area contributed by atoms with Gasteiger partial charge in [-0.15, -0.1) is 6.58 Å². The Morgan fingerprint density at radius 3 is 2.74 bits per heavy atom. The summed E-state index contributed by atoms with van der Waals surface area (Å²) in [6, 6.07) is 0. The summed E-state index contributed by atoms with van der Waals surface area (Å²) < 4.78 is 1.34. The van der Waals surface area contributed by atoms with E-state index in [1.807, 2.05) is 0 Å². The van der Waals surface area contributed by atoms with Crippen molar-refractivity contribution < 1.29 is 14.8 Å². The van der Waals surface area contributed by atoms with Crippen LogP contribution < -0.4 is 4.90 Å². The highest BCUT2D eigenvalue weighted by Gasteiger charge is 2.30. The van der Waals surface area contributed by atoms with Crippen molar-refractivity contribution in [2.45, 2.75) is 13.3 Å². The molecule has 1 aromatic rings. The van der Waals surface area contributed by atoms with Gasteiger partial charge in [-0.25, -0.2) is 4.68 Å². The van der Waals surface area contributed by atoms with E-state index in [1.54, 1.807) is 14.0 Å². The van der Waals surface area contributed by atoms with Crippen LogP contribution in [-0.2, 0) is 18.3 Å². The van der Waals surface area contributed by atoms with Crippen LogP contribution >= 0.6 is 0 Å². The third-order valence-corrected chi connectivity index (χ3v) is 2.55. The lowest BCUT2D eigenvalue weighted by Gasteiger charge is -2.19. The molecule has 0 amide bonds. The largest absolute Gasteiger partial charge is 0.480 e. The molecule has 104 valence electrons. The van der Waals surface area contributed by atoms with Crippen LogP contribution in [0, 0.1) is 10.1 Å². The SMILES string of the molecule is C=CCN(CC(=O)O)c1c([N+](=O)[O-])c(CC)nn1C. The Hall–Kier alpha value is -2.38. The standard InChI is InChI=1S/C11H16N4O4/c1-4-6-14(7-9(16)17)11-10(15(18)19)8(5-2)12-13(11)3/h4H,1,5-7H2,2-3H3,(H,16,17). The van der Waals surface area contributed by atoms with E-state index >= 15 is 0 Å². The predicted octanol–water partition coefficient (Wildman–Crippen LogP) is 0.968. The second kappa shape index (κ2) is 5.98. The molecule has 8 nitrogen and oxygen atoms in total. The third kappa shape index (κ3) is 3.09. The molecule has 0 atom stereocenters. The number of aliphatic carboxylic acids is 1. The Balaban J connectivity index is 3.35. The van der Waals surface area contributed by atoms with Crippen molar-refractivity contribution in [3.05, 3.63) is 28.5 Å². The molecule has 0 fully saturated rings. The monoisotopic (exact) mass is 268 g/mol. The van der Waals surface area contributed by atoms with Gasteiger partial charge >= 0.3 is 11.7 Å². The molecule has 1 aromatic heterocycles. The summed E-state index contributed by atoms with van der Waals surface area (Å²) in [7, 11) is 1.55. The Bertz CT molecular complexity index is 509. The fraction of sp³-hybridized carbons (Fsp3) is 0.455. The van der Waals surface area contributed by atoms with Crippen molar-refractivity contribution in [1.82, 2.24) is 9.78 Å². The molecule has 0 aromatic carbocycles. The Morgan fingerprint density at radius 2 is 2.32 bits per heavy atom. The molecule has 0 aliphatic heterocycles. The van der Waals surface area contributed by atoms with Crippen LogP contribution in [0.15, 0.2) is 12.7 Å². The molecule has 0 aliphatic rings. The van der Waals surface area contributed by atoms with Crippen molar-refractivity contribution in [2.24, 2.45) is 7.05 Å². The summed E-state index contributed by atoms with van der Waals surface area (Å²) in [6.45, 7) is 5.13. The lowest BCUT2D eigenvalue weighted by molar-refractivity contribution is -0.384. The van der Waals surface area contributed by atoms with Crippen LogP contribution in [0.3, 0.4) is 0 Å². The summed E-state index contributed by atoms with van der Waals surface area (Å²) in [5.74, 6) is -0.889. The van der Waals surface area contributed by atoms with Gasteiger partial charge in [0.2, 0.25) is 5.82 Å². The maximum Gasteiger partial charge on any atom is 0.334 e. The molecule has 0 bridgehead atoms. The van der Waals surface area contributed by atoms with Gasteiger partial charge in [0.1, 0.15) is 12.2 Å². The van der Waals surface area contributed by atoms with Gasteiger partial charge in [0.15, 0.2) is 0 Å². The van der Waals surface area contributed by atoms with E-state index in [2.05, 4.69) is 11.7 Å². The van der Waals surface area contributed by atoms with E-state index < -0.39 is 10.9 Å². The van der Waals surface area contributed by atoms with Crippen LogP contribution in [0.4, 0.5) is 11.5 Å². The van der Waals surface area contributed by atoms with Gasteiger partial charge in [-0.1, -0.05) is 13.0 Å². The van der Waals surface area contributed by atoms with E-state index in [4.69, 9.17) is 5.11 Å². The van der Waals surface area contributed by atoms with Gasteiger partial charge in [0, 0.05) is 13.6 Å². The summed E-state index contributed by atoms with van der Waals surface area (Å²) in [5.41, 5.74) is 0.190. The average molecular weight is 268 g/mol. The molecule has 0 aliphatic carbocycles. The summed E-state index contributed by atoms with van der Waals surface area (Å²) >= 11 is 0. The minimum atomic E-state index is -1.07. The van der Waals surface area contributed by atoms with Crippen LogP contribution in [0.2, 0.25) is 0 Å². The highest BCUT2D eigenvalue weighted by molar-refractivity contribution is 5.75. The number of carboxylic acid groups (broad SMARTS) is 1. The van der Waals surface area contributed by atoms with Crippen molar-refractivity contribution >= 4 is 17.5 Å². The third-order valence-electron chi connectivity index (χ3n) is 2.55. The molecule has 0 saturated carbocycles. The van der Waals surface area contributed by atoms with Gasteiger partial charge in [-0.3, -0.25) is 14.9 Å². The lowest BCUT2D eigenvalue weighted by atomic mass is 10.2. The minimum absolute atomic E-state index is 0.145. The zero-order chi connectivity index (χ0) is 14.6. The molecular formula is C11H16N4O4. The number of aryl methyl sites for hydroxylation is 2. The van der Waals surface area contributed by atoms with Crippen molar-refractivity contribution in [3.63, 3.8) is 0 Å². The Labute approximate surface area is 110 Å². The molecular weight excluding hydrogens is 252 g/mol. The molecule has 19 heavy (non-hydrogen) atoms. The molecule has 1 heterocycles. The fourth-order valence-electron chi connectivity index (χ4n) is 1.88. The first-order chi connectivity index (χ1) is 8.92. The first-order valence-electron chi connectivity index (χ1n) is 5.70. The summed E-state index contributed by atoms with van der Waals surface area (Å²) in [5, 5.41) is 24.1. The maximum atomic E-state index is 11.2. The van der Waals surface area contributed by atoms with E-state index in [0.29, 0.717) is 12.1 Å². The molecule has 0 spiro atoms. The van der Waals surface area contributed by atoms with E-state index in [9.17, 15) is 14.9 Å². The number of nitrogens with zero attached hydrogens (tertiary/aromatic N) is 4. The number of anilines is 1. The maximum absolute atomic E-state index is 11.2. The number of carboxylic acids is 1. The molecule has 0 unspecified atom stereocenters. The predicted molar refractivity (Wildman–Crippen MR) is 69.3 cm³/mol. The smallest absolute Gasteiger partial charge is 0.334 e. The van der Waals surface area contributed by atoms with Crippen LogP contribution in [0.1, 0.15) is 12.6 Å². The summed E-state index contributed by atoms with van der Waals surface area (Å²) in [4.78, 5) is 22.8. The average Bonchev–Trinajstić information content (AvgIpc) is 2.65. The van der Waals surface area contributed by atoms with Gasteiger partial charge in [-0.2, -0.15) is 5.10 Å². The highest BCUT2D eigenvalue weighted by Crippen LogP contribution is 2.31. The number of nitro groups is 1. The van der Waals surface area contributed by atoms with Gasteiger partial charge in [0.25, 0.3) is 0 Å². The first-order valence-corrected chi connectivity index (χ1v) is 5.70. The van der Waals surface area contributed by atoms with Gasteiger partial charge < -0.3 is 10.0 Å². The number of carbonyl (C=O) groups is 1. The zero-order valence-electron chi connectivity index (χ0n) is 10.9. The first kappa shape index (κ1) is 14.7. The fourth-order valence-corrected chi connectivity index (χ4v) is 1.88. The second-order valence-corrected chi connectivity index (χ2v) is 3.92. The number of rotatable bonds is 7. The van der Waals surface area contributed by atoms with Crippen LogP contribution in [-0.4, -0.2) is 38.9 Å². The van der Waals surface area contributed by atoms with Crippen molar-refractivity contribution in [1.29, 1.82) is 0 Å². The van der Waals surface area contributed by atoms with Crippen LogP contribution in [0.5, 0.6) is 0 Å². The molecule has 1 N–H and O–H groups in total. The molecule has 0 radical (unpaired) electrons. The van der Waals surface area contributed by atoms with E-state index in [0.717, 1.165) is 0 Å². The quantitative estimate of drug-likeness (QED) is 0.449. The number of hydrogen-bond donors (Lipinski definition) is 1. The number of hydrogen-bond acceptors (Lipinski definition) is 5. The number of aromatic nitrogens is 2. The lowest BCUT2D eigenvalue weighted by Crippen LogP contribution is -2.31. The van der Waals surface area contributed by atoms with Gasteiger partial charge in [0.05, 0.1) is 4.92 Å². The summed E-state index contributed by atoms with van der Waals surface area (Å²) in [6.07, 6.45) is 1.89. The van der Waals surface area contributed by atoms with Crippen molar-refractivity contribution in [2.75, 3.05) is 18.0 Å². The Morgan fingerprint density at radius 1 is 1.68 bits per heavy atom. The van der Waals surface area contributed by atoms with Crippen LogP contribution in [0.25, 0.3) is 0 Å².